The molecule has 7 nitrogen and oxygen atoms in total. The third kappa shape index (κ3) is 3.48. The van der Waals surface area contributed by atoms with E-state index in [0.29, 0.717) is 24.2 Å². The van der Waals surface area contributed by atoms with Crippen molar-refractivity contribution in [3.63, 3.8) is 0 Å². The van der Waals surface area contributed by atoms with E-state index in [9.17, 15) is 4.79 Å². The number of aromatic nitrogens is 4. The number of carbonyl (C=O) groups is 1. The minimum atomic E-state index is -0.831. The third-order valence-corrected chi connectivity index (χ3v) is 5.01. The molecule has 0 spiro atoms. The zero-order valence-electron chi connectivity index (χ0n) is 14.0. The molecule has 4 heterocycles. The van der Waals surface area contributed by atoms with Gasteiger partial charge in [0.25, 0.3) is 0 Å². The number of rotatable bonds is 3. The number of carboxylic acid groups (broad SMARTS) is 1. The molecule has 0 atom stereocenters. The van der Waals surface area contributed by atoms with Crippen LogP contribution in [0.3, 0.4) is 0 Å². The van der Waals surface area contributed by atoms with Gasteiger partial charge in [0.05, 0.1) is 17.2 Å². The highest BCUT2D eigenvalue weighted by atomic mass is 35.5. The quantitative estimate of drug-likeness (QED) is 0.712. The Hall–Kier alpha value is -2.67. The first-order valence-corrected chi connectivity index (χ1v) is 8.89. The molecule has 0 radical (unpaired) electrons. The first-order chi connectivity index (χ1) is 12.6. The normalized spacial score (nSPS) is 15.5. The van der Waals surface area contributed by atoms with Crippen molar-refractivity contribution >= 4 is 28.7 Å². The van der Waals surface area contributed by atoms with E-state index in [2.05, 4.69) is 15.1 Å². The number of amides is 1. The van der Waals surface area contributed by atoms with Gasteiger partial charge in [-0.2, -0.15) is 5.10 Å². The molecule has 4 rings (SSSR count). The van der Waals surface area contributed by atoms with Crippen molar-refractivity contribution in [2.24, 2.45) is 5.92 Å². The summed E-state index contributed by atoms with van der Waals surface area (Å²) in [5.41, 5.74) is 3.47. The van der Waals surface area contributed by atoms with Gasteiger partial charge < -0.3 is 10.0 Å². The molecule has 26 heavy (non-hydrogen) atoms. The average molecular weight is 372 g/mol. The molecule has 3 aromatic rings. The summed E-state index contributed by atoms with van der Waals surface area (Å²) in [4.78, 5) is 21.2. The minimum Gasteiger partial charge on any atom is -0.465 e. The van der Waals surface area contributed by atoms with Crippen LogP contribution in [0, 0.1) is 5.92 Å². The van der Waals surface area contributed by atoms with E-state index < -0.39 is 6.09 Å². The summed E-state index contributed by atoms with van der Waals surface area (Å²) < 4.78 is 1.92. The Balaban J connectivity index is 1.47. The summed E-state index contributed by atoms with van der Waals surface area (Å²) >= 11 is 5.96. The lowest BCUT2D eigenvalue weighted by Gasteiger charge is -2.29. The van der Waals surface area contributed by atoms with Crippen LogP contribution in [0.5, 0.6) is 0 Å². The Labute approximate surface area is 155 Å². The Morgan fingerprint density at radius 1 is 1.19 bits per heavy atom. The van der Waals surface area contributed by atoms with Crippen molar-refractivity contribution in [1.29, 1.82) is 0 Å². The van der Waals surface area contributed by atoms with E-state index >= 15 is 0 Å². The maximum atomic E-state index is 11.0. The van der Waals surface area contributed by atoms with Gasteiger partial charge in [-0.15, -0.1) is 0 Å². The Morgan fingerprint density at radius 2 is 2.00 bits per heavy atom. The maximum absolute atomic E-state index is 11.0. The van der Waals surface area contributed by atoms with Gasteiger partial charge in [0.15, 0.2) is 0 Å². The van der Waals surface area contributed by atoms with Gasteiger partial charge >= 0.3 is 6.09 Å². The lowest BCUT2D eigenvalue weighted by molar-refractivity contribution is 0.121. The number of halogens is 1. The van der Waals surface area contributed by atoms with Crippen molar-refractivity contribution in [1.82, 2.24) is 24.6 Å². The SMILES string of the molecule is O=C(O)N1CCC(Cn2cc(-c3cnc4ccc(Cl)nc4c3)cn2)CC1. The second-order valence-electron chi connectivity index (χ2n) is 6.56. The fourth-order valence-electron chi connectivity index (χ4n) is 3.32. The highest BCUT2D eigenvalue weighted by Gasteiger charge is 2.22. The Kier molecular flexibility index (Phi) is 4.46. The van der Waals surface area contributed by atoms with Crippen molar-refractivity contribution in [2.75, 3.05) is 13.1 Å². The molecular formula is C18H18ClN5O2. The van der Waals surface area contributed by atoms with Gasteiger partial charge in [0.1, 0.15) is 5.15 Å². The first kappa shape index (κ1) is 16.8. The molecule has 1 saturated heterocycles. The largest absolute Gasteiger partial charge is 0.465 e. The Morgan fingerprint density at radius 3 is 2.77 bits per heavy atom. The van der Waals surface area contributed by atoms with Gasteiger partial charge in [-0.05, 0) is 37.0 Å². The summed E-state index contributed by atoms with van der Waals surface area (Å²) in [5.74, 6) is 0.438. The summed E-state index contributed by atoms with van der Waals surface area (Å²) in [7, 11) is 0. The predicted octanol–water partition coefficient (Wildman–Crippen LogP) is 3.54. The van der Waals surface area contributed by atoms with Crippen molar-refractivity contribution < 1.29 is 9.90 Å². The minimum absolute atomic E-state index is 0.438. The third-order valence-electron chi connectivity index (χ3n) is 4.80. The maximum Gasteiger partial charge on any atom is 0.407 e. The standard InChI is InChI=1S/C18H18ClN5O2/c19-17-2-1-15-16(22-17)7-13(8-20-15)14-9-21-24(11-14)10-12-3-5-23(6-4-12)18(25)26/h1-2,7-9,11-12H,3-6,10H2,(H,25,26). The van der Waals surface area contributed by atoms with Gasteiger partial charge in [0, 0.05) is 43.2 Å². The zero-order valence-corrected chi connectivity index (χ0v) is 14.8. The molecule has 134 valence electrons. The topological polar surface area (TPSA) is 84.1 Å². The van der Waals surface area contributed by atoms with Crippen LogP contribution < -0.4 is 0 Å². The summed E-state index contributed by atoms with van der Waals surface area (Å²) in [6, 6.07) is 5.53. The second kappa shape index (κ2) is 6.92. The Bertz CT molecular complexity index is 950. The number of nitrogens with zero attached hydrogens (tertiary/aromatic N) is 5. The van der Waals surface area contributed by atoms with Crippen LogP contribution in [0.1, 0.15) is 12.8 Å². The van der Waals surface area contributed by atoms with Crippen LogP contribution in [0.15, 0.2) is 36.8 Å². The molecule has 0 unspecified atom stereocenters. The van der Waals surface area contributed by atoms with E-state index in [0.717, 1.165) is 41.5 Å². The van der Waals surface area contributed by atoms with Crippen LogP contribution >= 0.6 is 11.6 Å². The molecule has 1 aliphatic rings. The molecule has 0 aliphatic carbocycles. The first-order valence-electron chi connectivity index (χ1n) is 8.51. The summed E-state index contributed by atoms with van der Waals surface area (Å²) in [6.45, 7) is 1.98. The van der Waals surface area contributed by atoms with Crippen LogP contribution in [0.4, 0.5) is 4.79 Å². The molecule has 1 fully saturated rings. The monoisotopic (exact) mass is 371 g/mol. The zero-order chi connectivity index (χ0) is 18.1. The number of pyridine rings is 2. The number of hydrogen-bond donors (Lipinski definition) is 1. The van der Waals surface area contributed by atoms with Crippen molar-refractivity contribution in [3.8, 4) is 11.1 Å². The van der Waals surface area contributed by atoms with Crippen LogP contribution in [-0.4, -0.2) is 48.9 Å². The van der Waals surface area contributed by atoms with Crippen LogP contribution in [0.25, 0.3) is 22.2 Å². The number of piperidine rings is 1. The summed E-state index contributed by atoms with van der Waals surface area (Å²) in [6.07, 6.45) is 6.52. The highest BCUT2D eigenvalue weighted by Crippen LogP contribution is 2.24. The molecule has 3 aromatic heterocycles. The van der Waals surface area contributed by atoms with Crippen LogP contribution in [0.2, 0.25) is 5.15 Å². The second-order valence-corrected chi connectivity index (χ2v) is 6.95. The van der Waals surface area contributed by atoms with Gasteiger partial charge in [0.2, 0.25) is 0 Å². The van der Waals surface area contributed by atoms with E-state index in [-0.39, 0.29) is 0 Å². The smallest absolute Gasteiger partial charge is 0.407 e. The lowest BCUT2D eigenvalue weighted by atomic mass is 9.97. The van der Waals surface area contributed by atoms with Gasteiger partial charge in [-0.25, -0.2) is 9.78 Å². The van der Waals surface area contributed by atoms with Gasteiger partial charge in [-0.1, -0.05) is 11.6 Å². The molecule has 1 N–H and O–H groups in total. The molecule has 0 bridgehead atoms. The lowest BCUT2D eigenvalue weighted by Crippen LogP contribution is -2.38. The van der Waals surface area contributed by atoms with Crippen molar-refractivity contribution in [2.45, 2.75) is 19.4 Å². The highest BCUT2D eigenvalue weighted by molar-refractivity contribution is 6.29. The molecule has 8 heteroatoms. The predicted molar refractivity (Wildman–Crippen MR) is 98.1 cm³/mol. The van der Waals surface area contributed by atoms with Crippen molar-refractivity contribution in [3.05, 3.63) is 41.9 Å². The number of likely N-dealkylation sites (tertiary alicyclic amines) is 1. The molecule has 1 aliphatic heterocycles. The van der Waals surface area contributed by atoms with E-state index in [4.69, 9.17) is 16.7 Å². The van der Waals surface area contributed by atoms with E-state index in [1.54, 1.807) is 6.07 Å². The fraction of sp³-hybridized carbons (Fsp3) is 0.333. The van der Waals surface area contributed by atoms with E-state index in [1.165, 1.54) is 4.90 Å². The van der Waals surface area contributed by atoms with Gasteiger partial charge in [-0.3, -0.25) is 9.67 Å². The number of hydrogen-bond acceptors (Lipinski definition) is 4. The molecule has 0 saturated carbocycles. The van der Waals surface area contributed by atoms with Crippen LogP contribution in [-0.2, 0) is 6.54 Å². The number of fused-ring (bicyclic) bond motifs is 1. The molecule has 0 aromatic carbocycles. The molecular weight excluding hydrogens is 354 g/mol. The average Bonchev–Trinajstić information content (AvgIpc) is 3.10. The molecule has 1 amide bonds. The summed E-state index contributed by atoms with van der Waals surface area (Å²) in [5, 5.41) is 13.9. The van der Waals surface area contributed by atoms with E-state index in [1.807, 2.05) is 35.4 Å². The fourth-order valence-corrected chi connectivity index (χ4v) is 3.48.